The van der Waals surface area contributed by atoms with Crippen LogP contribution in [0.1, 0.15) is 34.3 Å². The smallest absolute Gasteiger partial charge is 0.261 e. The first-order valence-corrected chi connectivity index (χ1v) is 9.04. The Labute approximate surface area is 150 Å². The second-order valence-electron chi connectivity index (χ2n) is 5.54. The maximum Gasteiger partial charge on any atom is 0.261 e. The molecule has 0 aliphatic carbocycles. The maximum absolute atomic E-state index is 12.4. The summed E-state index contributed by atoms with van der Waals surface area (Å²) >= 11 is 1.73. The van der Waals surface area contributed by atoms with Crippen LogP contribution in [0.3, 0.4) is 0 Å². The monoisotopic (exact) mass is 353 g/mol. The fourth-order valence-corrected chi connectivity index (χ4v) is 3.26. The summed E-state index contributed by atoms with van der Waals surface area (Å²) in [6.07, 6.45) is 4.30. The van der Waals surface area contributed by atoms with Crippen LogP contribution in [-0.4, -0.2) is 16.0 Å². The van der Waals surface area contributed by atoms with E-state index in [4.69, 9.17) is 4.52 Å². The Hall–Kier alpha value is -2.60. The molecule has 0 atom stereocenters. The third-order valence-electron chi connectivity index (χ3n) is 3.74. The molecule has 0 fully saturated rings. The molecular formula is C19H19N3O2S. The molecule has 0 radical (unpaired) electrons. The molecule has 3 aromatic rings. The van der Waals surface area contributed by atoms with E-state index >= 15 is 0 Å². The number of nitrogens with one attached hydrogen (secondary N) is 1. The number of anilines is 1. The molecule has 3 rings (SSSR count). The van der Waals surface area contributed by atoms with Gasteiger partial charge in [0.1, 0.15) is 11.3 Å². The summed E-state index contributed by atoms with van der Waals surface area (Å²) in [5.74, 6) is 1.21. The van der Waals surface area contributed by atoms with Crippen LogP contribution in [0.5, 0.6) is 0 Å². The summed E-state index contributed by atoms with van der Waals surface area (Å²) in [7, 11) is 0. The predicted octanol–water partition coefficient (Wildman–Crippen LogP) is 4.49. The van der Waals surface area contributed by atoms with Crippen molar-refractivity contribution >= 4 is 23.4 Å². The Morgan fingerprint density at radius 1 is 1.24 bits per heavy atom. The predicted molar refractivity (Wildman–Crippen MR) is 98.8 cm³/mol. The van der Waals surface area contributed by atoms with Crippen molar-refractivity contribution in [2.75, 3.05) is 5.32 Å². The number of benzene rings is 1. The van der Waals surface area contributed by atoms with Gasteiger partial charge >= 0.3 is 0 Å². The molecule has 6 heteroatoms. The minimum atomic E-state index is -0.189. The van der Waals surface area contributed by atoms with E-state index in [0.717, 1.165) is 16.3 Å². The van der Waals surface area contributed by atoms with E-state index in [0.29, 0.717) is 23.4 Å². The lowest BCUT2D eigenvalue weighted by molar-refractivity contribution is 0.102. The number of amides is 1. The summed E-state index contributed by atoms with van der Waals surface area (Å²) in [6.45, 7) is 3.70. The molecule has 2 aromatic heterocycles. The van der Waals surface area contributed by atoms with E-state index < -0.39 is 0 Å². The number of rotatable bonds is 6. The van der Waals surface area contributed by atoms with E-state index in [9.17, 15) is 4.79 Å². The molecule has 1 N–H and O–H groups in total. The van der Waals surface area contributed by atoms with Crippen LogP contribution in [0.2, 0.25) is 0 Å². The summed E-state index contributed by atoms with van der Waals surface area (Å²) < 4.78 is 5.12. The topological polar surface area (TPSA) is 68.0 Å². The molecule has 0 saturated heterocycles. The molecule has 25 heavy (non-hydrogen) atoms. The van der Waals surface area contributed by atoms with Crippen LogP contribution in [-0.2, 0) is 12.2 Å². The van der Waals surface area contributed by atoms with Crippen molar-refractivity contribution in [3.63, 3.8) is 0 Å². The largest absolute Gasteiger partial charge is 0.361 e. The number of thioether (sulfide) groups is 1. The van der Waals surface area contributed by atoms with Gasteiger partial charge in [-0.15, -0.1) is 11.8 Å². The van der Waals surface area contributed by atoms with E-state index in [-0.39, 0.29) is 5.91 Å². The van der Waals surface area contributed by atoms with Crippen LogP contribution in [0, 0.1) is 6.92 Å². The highest BCUT2D eigenvalue weighted by molar-refractivity contribution is 7.98. The van der Waals surface area contributed by atoms with E-state index in [2.05, 4.69) is 21.5 Å². The van der Waals surface area contributed by atoms with Gasteiger partial charge in [0.15, 0.2) is 0 Å². The zero-order valence-corrected chi connectivity index (χ0v) is 15.0. The third-order valence-corrected chi connectivity index (χ3v) is 4.82. The zero-order valence-electron chi connectivity index (χ0n) is 14.2. The van der Waals surface area contributed by atoms with Crippen molar-refractivity contribution in [3.8, 4) is 0 Å². The van der Waals surface area contributed by atoms with Gasteiger partial charge in [-0.1, -0.05) is 18.1 Å². The molecule has 1 aromatic carbocycles. The van der Waals surface area contributed by atoms with Crippen molar-refractivity contribution in [1.82, 2.24) is 10.1 Å². The first-order valence-electron chi connectivity index (χ1n) is 8.05. The highest BCUT2D eigenvalue weighted by Crippen LogP contribution is 2.24. The number of hydrogen-bond acceptors (Lipinski definition) is 5. The Balaban J connectivity index is 1.62. The number of pyridine rings is 1. The quantitative estimate of drug-likeness (QED) is 0.662. The van der Waals surface area contributed by atoms with Gasteiger partial charge in [-0.2, -0.15) is 0 Å². The van der Waals surface area contributed by atoms with Crippen molar-refractivity contribution in [3.05, 3.63) is 71.4 Å². The molecule has 0 aliphatic heterocycles. The Bertz CT molecular complexity index is 845. The van der Waals surface area contributed by atoms with Crippen LogP contribution in [0.15, 0.2) is 58.2 Å². The first-order chi connectivity index (χ1) is 12.2. The summed E-state index contributed by atoms with van der Waals surface area (Å²) in [5.41, 5.74) is 3.13. The van der Waals surface area contributed by atoms with Gasteiger partial charge in [0.2, 0.25) is 0 Å². The summed E-state index contributed by atoms with van der Waals surface area (Å²) in [5, 5.41) is 6.82. The van der Waals surface area contributed by atoms with Gasteiger partial charge in [0, 0.05) is 28.7 Å². The number of aromatic nitrogens is 2. The lowest BCUT2D eigenvalue weighted by Gasteiger charge is -2.07. The van der Waals surface area contributed by atoms with Gasteiger partial charge in [-0.3, -0.25) is 9.78 Å². The number of nitrogens with zero attached hydrogens (tertiary/aromatic N) is 2. The van der Waals surface area contributed by atoms with Gasteiger partial charge < -0.3 is 9.84 Å². The zero-order chi connectivity index (χ0) is 17.6. The number of aryl methyl sites for hydroxylation is 2. The van der Waals surface area contributed by atoms with Crippen molar-refractivity contribution < 1.29 is 9.32 Å². The van der Waals surface area contributed by atoms with Crippen molar-refractivity contribution in [1.29, 1.82) is 0 Å². The Kier molecular flexibility index (Phi) is 5.50. The van der Waals surface area contributed by atoms with Gasteiger partial charge in [0.25, 0.3) is 5.91 Å². The second kappa shape index (κ2) is 7.98. The molecule has 1 amide bonds. The molecule has 0 unspecified atom stereocenters. The van der Waals surface area contributed by atoms with Crippen LogP contribution in [0.4, 0.5) is 5.69 Å². The summed E-state index contributed by atoms with van der Waals surface area (Å²) in [4.78, 5) is 17.7. The molecule has 0 spiro atoms. The highest BCUT2D eigenvalue weighted by atomic mass is 32.2. The minimum Gasteiger partial charge on any atom is -0.361 e. The molecule has 5 nitrogen and oxygen atoms in total. The molecule has 2 heterocycles. The fraction of sp³-hybridized carbons (Fsp3) is 0.211. The normalized spacial score (nSPS) is 10.6. The standard InChI is InChI=1S/C19H19N3O2S/c1-3-17-18(13(2)24-22-17)19(23)21-15-6-8-16(9-7-15)25-12-14-5-4-10-20-11-14/h4-11H,3,12H2,1-2H3,(H,21,23). The molecular weight excluding hydrogens is 334 g/mol. The van der Waals surface area contributed by atoms with E-state index in [1.807, 2.05) is 43.5 Å². The summed E-state index contributed by atoms with van der Waals surface area (Å²) in [6, 6.07) is 11.8. The lowest BCUT2D eigenvalue weighted by atomic mass is 10.1. The number of hydrogen-bond donors (Lipinski definition) is 1. The lowest BCUT2D eigenvalue weighted by Crippen LogP contribution is -2.14. The van der Waals surface area contributed by atoms with E-state index in [1.165, 1.54) is 5.56 Å². The SMILES string of the molecule is CCc1noc(C)c1C(=O)Nc1ccc(SCc2cccnc2)cc1. The average Bonchev–Trinajstić information content (AvgIpc) is 3.03. The third kappa shape index (κ3) is 4.28. The molecule has 0 bridgehead atoms. The second-order valence-corrected chi connectivity index (χ2v) is 6.59. The Morgan fingerprint density at radius 2 is 2.04 bits per heavy atom. The van der Waals surface area contributed by atoms with Gasteiger partial charge in [0.05, 0.1) is 5.69 Å². The van der Waals surface area contributed by atoms with Gasteiger partial charge in [-0.05, 0) is 49.2 Å². The van der Waals surface area contributed by atoms with Crippen LogP contribution >= 0.6 is 11.8 Å². The van der Waals surface area contributed by atoms with Crippen LogP contribution < -0.4 is 5.32 Å². The highest BCUT2D eigenvalue weighted by Gasteiger charge is 2.19. The van der Waals surface area contributed by atoms with Crippen LogP contribution in [0.25, 0.3) is 0 Å². The molecule has 0 aliphatic rings. The molecule has 128 valence electrons. The molecule has 0 saturated carbocycles. The minimum absolute atomic E-state index is 0.189. The van der Waals surface area contributed by atoms with Crippen molar-refractivity contribution in [2.45, 2.75) is 30.9 Å². The van der Waals surface area contributed by atoms with Crippen molar-refractivity contribution in [2.24, 2.45) is 0 Å². The van der Waals surface area contributed by atoms with E-state index in [1.54, 1.807) is 24.9 Å². The maximum atomic E-state index is 12.4. The van der Waals surface area contributed by atoms with Gasteiger partial charge in [-0.25, -0.2) is 0 Å². The average molecular weight is 353 g/mol. The number of carbonyl (C=O) groups excluding carboxylic acids is 1. The number of carbonyl (C=O) groups is 1. The first kappa shape index (κ1) is 17.2. The Morgan fingerprint density at radius 3 is 2.72 bits per heavy atom. The fourth-order valence-electron chi connectivity index (χ4n) is 2.43.